The molecule has 2 aromatic rings. The van der Waals surface area contributed by atoms with E-state index in [2.05, 4.69) is 0 Å². The number of rotatable bonds is 6. The maximum absolute atomic E-state index is 15.0. The number of hydrogen-bond acceptors (Lipinski definition) is 2. The van der Waals surface area contributed by atoms with E-state index >= 15 is 0 Å². The van der Waals surface area contributed by atoms with Gasteiger partial charge in [-0.2, -0.15) is 0 Å². The van der Waals surface area contributed by atoms with Crippen molar-refractivity contribution in [2.24, 2.45) is 5.92 Å². The molecule has 0 spiro atoms. The topological polar surface area (TPSA) is 23.5 Å². The first-order valence-electron chi connectivity index (χ1n) is 8.94. The van der Waals surface area contributed by atoms with Crippen LogP contribution in [0.5, 0.6) is 0 Å². The molecule has 6 heteroatoms. The van der Waals surface area contributed by atoms with E-state index in [1.54, 1.807) is 44.2 Å². The molecule has 1 N–H and O–H groups in total. The molecule has 0 heterocycles. The van der Waals surface area contributed by atoms with Crippen LogP contribution in [0.25, 0.3) is 6.08 Å². The summed E-state index contributed by atoms with van der Waals surface area (Å²) in [6, 6.07) is 7.67. The van der Waals surface area contributed by atoms with Gasteiger partial charge in [0, 0.05) is 28.6 Å². The van der Waals surface area contributed by atoms with Crippen LogP contribution in [-0.2, 0) is 5.60 Å². The highest BCUT2D eigenvalue weighted by Crippen LogP contribution is 2.41. The Balaban J connectivity index is 2.69. The second kappa shape index (κ2) is 8.68. The van der Waals surface area contributed by atoms with Gasteiger partial charge in [0.25, 0.3) is 0 Å². The highest BCUT2D eigenvalue weighted by Gasteiger charge is 2.41. The van der Waals surface area contributed by atoms with Gasteiger partial charge in [0.2, 0.25) is 0 Å². The molecule has 0 saturated heterocycles. The monoisotopic (exact) mass is 411 g/mol. The molecule has 0 aliphatic heterocycles. The van der Waals surface area contributed by atoms with Gasteiger partial charge in [0.15, 0.2) is 11.6 Å². The first kappa shape index (κ1) is 22.5. The molecule has 152 valence electrons. The number of hydrogen-bond donors (Lipinski definition) is 1. The molecule has 2 nitrogen and oxygen atoms in total. The number of benzene rings is 2. The van der Waals surface area contributed by atoms with Crippen molar-refractivity contribution in [2.45, 2.75) is 26.4 Å². The highest BCUT2D eigenvalue weighted by molar-refractivity contribution is 6.30. The lowest BCUT2D eigenvalue weighted by Crippen LogP contribution is -2.41. The van der Waals surface area contributed by atoms with Crippen molar-refractivity contribution >= 4 is 17.7 Å². The van der Waals surface area contributed by atoms with Crippen molar-refractivity contribution in [3.8, 4) is 0 Å². The first-order valence-corrected chi connectivity index (χ1v) is 9.32. The summed E-state index contributed by atoms with van der Waals surface area (Å²) in [6.45, 7) is 4.96. The summed E-state index contributed by atoms with van der Waals surface area (Å²) in [5.74, 6) is -3.90. The second-order valence-electron chi connectivity index (χ2n) is 7.47. The van der Waals surface area contributed by atoms with Crippen LogP contribution < -0.4 is 0 Å². The summed E-state index contributed by atoms with van der Waals surface area (Å²) >= 11 is 5.91. The largest absolute Gasteiger partial charge is 0.380 e. The summed E-state index contributed by atoms with van der Waals surface area (Å²) in [6.07, 6.45) is 1.69. The first-order chi connectivity index (χ1) is 13.0. The molecule has 0 aliphatic carbocycles. The molecule has 2 atom stereocenters. The molecule has 2 unspecified atom stereocenters. The van der Waals surface area contributed by atoms with Crippen LogP contribution >= 0.6 is 11.6 Å². The Morgan fingerprint density at radius 3 is 2.29 bits per heavy atom. The zero-order chi connectivity index (χ0) is 21.2. The van der Waals surface area contributed by atoms with Crippen LogP contribution in [0.15, 0.2) is 35.9 Å². The standard InChI is InChI=1S/C22H25ClF3NO/c1-13(10-16-6-8-17(23)9-7-16)22(28,14(2)12-27(4)5)18-11-19(24)21(26)15(3)20(18)25/h6-11,14,28H,12H2,1-5H3. The maximum Gasteiger partial charge on any atom is 0.164 e. The predicted octanol–water partition coefficient (Wildman–Crippen LogP) is 5.55. The lowest BCUT2D eigenvalue weighted by Gasteiger charge is -2.38. The molecular formula is C22H25ClF3NO. The molecule has 0 radical (unpaired) electrons. The van der Waals surface area contributed by atoms with E-state index in [1.807, 2.05) is 19.0 Å². The molecule has 0 fully saturated rings. The average molecular weight is 412 g/mol. The Labute approximate surface area is 169 Å². The van der Waals surface area contributed by atoms with Crippen LogP contribution in [0.2, 0.25) is 5.02 Å². The maximum atomic E-state index is 15.0. The normalized spacial score (nSPS) is 15.6. The van der Waals surface area contributed by atoms with Crippen LogP contribution in [-0.4, -0.2) is 30.6 Å². The third-order valence-electron chi connectivity index (χ3n) is 4.99. The number of aliphatic hydroxyl groups is 1. The minimum Gasteiger partial charge on any atom is -0.380 e. The summed E-state index contributed by atoms with van der Waals surface area (Å²) in [4.78, 5) is 1.84. The van der Waals surface area contributed by atoms with Gasteiger partial charge < -0.3 is 10.0 Å². The van der Waals surface area contributed by atoms with E-state index in [4.69, 9.17) is 11.6 Å². The van der Waals surface area contributed by atoms with Crippen molar-refractivity contribution in [1.82, 2.24) is 4.90 Å². The minimum absolute atomic E-state index is 0.277. The molecule has 0 saturated carbocycles. The minimum atomic E-state index is -1.84. The smallest absolute Gasteiger partial charge is 0.164 e. The van der Waals surface area contributed by atoms with Crippen molar-refractivity contribution in [1.29, 1.82) is 0 Å². The lowest BCUT2D eigenvalue weighted by atomic mass is 9.75. The van der Waals surface area contributed by atoms with E-state index in [0.29, 0.717) is 17.1 Å². The fourth-order valence-corrected chi connectivity index (χ4v) is 3.60. The SMILES string of the molecule is CC(=Cc1ccc(Cl)cc1)C(O)(c1cc(F)c(F)c(C)c1F)C(C)CN(C)C. The molecule has 0 bridgehead atoms. The van der Waals surface area contributed by atoms with Gasteiger partial charge >= 0.3 is 0 Å². The molecule has 2 aromatic carbocycles. The second-order valence-corrected chi connectivity index (χ2v) is 7.90. The number of halogens is 4. The molecule has 0 aliphatic rings. The van der Waals surface area contributed by atoms with Gasteiger partial charge in [-0.05, 0) is 57.3 Å². The van der Waals surface area contributed by atoms with Gasteiger partial charge in [-0.3, -0.25) is 0 Å². The predicted molar refractivity (Wildman–Crippen MR) is 108 cm³/mol. The van der Waals surface area contributed by atoms with Gasteiger partial charge in [-0.15, -0.1) is 0 Å². The zero-order valence-corrected chi connectivity index (χ0v) is 17.4. The Morgan fingerprint density at radius 1 is 1.18 bits per heavy atom. The Bertz CT molecular complexity index is 880. The van der Waals surface area contributed by atoms with Gasteiger partial charge in [0.05, 0.1) is 0 Å². The molecule has 2 rings (SSSR count). The molecule has 28 heavy (non-hydrogen) atoms. The summed E-state index contributed by atoms with van der Waals surface area (Å²) in [7, 11) is 3.64. The summed E-state index contributed by atoms with van der Waals surface area (Å²) in [5, 5.41) is 12.2. The lowest BCUT2D eigenvalue weighted by molar-refractivity contribution is 0.00693. The fraction of sp³-hybridized carbons (Fsp3) is 0.364. The summed E-state index contributed by atoms with van der Waals surface area (Å²) < 4.78 is 42.9. The Hall–Kier alpha value is -1.82. The Kier molecular flexibility index (Phi) is 6.97. The van der Waals surface area contributed by atoms with Gasteiger partial charge in [0.1, 0.15) is 11.4 Å². The van der Waals surface area contributed by atoms with Crippen molar-refractivity contribution in [2.75, 3.05) is 20.6 Å². The van der Waals surface area contributed by atoms with E-state index < -0.39 is 34.5 Å². The van der Waals surface area contributed by atoms with Crippen molar-refractivity contribution in [3.63, 3.8) is 0 Å². The molecule has 0 amide bonds. The van der Waals surface area contributed by atoms with Crippen LogP contribution in [0.4, 0.5) is 13.2 Å². The van der Waals surface area contributed by atoms with Crippen LogP contribution in [0.1, 0.15) is 30.5 Å². The average Bonchev–Trinajstić information content (AvgIpc) is 2.63. The number of nitrogens with zero attached hydrogens (tertiary/aromatic N) is 1. The highest BCUT2D eigenvalue weighted by atomic mass is 35.5. The Morgan fingerprint density at radius 2 is 1.75 bits per heavy atom. The quantitative estimate of drug-likeness (QED) is 0.629. The van der Waals surface area contributed by atoms with Crippen molar-refractivity contribution in [3.05, 3.63) is 75.1 Å². The molecular weight excluding hydrogens is 387 g/mol. The van der Waals surface area contributed by atoms with Crippen molar-refractivity contribution < 1.29 is 18.3 Å². The third-order valence-corrected chi connectivity index (χ3v) is 5.24. The molecule has 0 aromatic heterocycles. The fourth-order valence-electron chi connectivity index (χ4n) is 3.47. The van der Waals surface area contributed by atoms with E-state index in [9.17, 15) is 18.3 Å². The third kappa shape index (κ3) is 4.43. The van der Waals surface area contributed by atoms with Gasteiger partial charge in [-0.25, -0.2) is 13.2 Å². The van der Waals surface area contributed by atoms with E-state index in [0.717, 1.165) is 18.6 Å². The van der Waals surface area contributed by atoms with E-state index in [1.165, 1.54) is 0 Å². The van der Waals surface area contributed by atoms with Crippen LogP contribution in [0.3, 0.4) is 0 Å². The van der Waals surface area contributed by atoms with E-state index in [-0.39, 0.29) is 5.56 Å². The van der Waals surface area contributed by atoms with Gasteiger partial charge in [-0.1, -0.05) is 36.7 Å². The summed E-state index contributed by atoms with van der Waals surface area (Å²) in [5.41, 5.74) is -1.41. The van der Waals surface area contributed by atoms with Crippen LogP contribution in [0, 0.1) is 30.3 Å². The zero-order valence-electron chi connectivity index (χ0n) is 16.7.